The predicted molar refractivity (Wildman–Crippen MR) is 68.2 cm³/mol. The highest BCUT2D eigenvalue weighted by Gasteiger charge is 2.39. The van der Waals surface area contributed by atoms with Gasteiger partial charge in [-0.25, -0.2) is 0 Å². The van der Waals surface area contributed by atoms with E-state index in [1.807, 2.05) is 6.07 Å². The van der Waals surface area contributed by atoms with Gasteiger partial charge in [0.15, 0.2) is 0 Å². The Balaban J connectivity index is 2.10. The third-order valence-electron chi connectivity index (χ3n) is 3.27. The Kier molecular flexibility index (Phi) is 4.67. The van der Waals surface area contributed by atoms with Crippen molar-refractivity contribution in [3.8, 4) is 0 Å². The van der Waals surface area contributed by atoms with Gasteiger partial charge in [0.05, 0.1) is 18.8 Å². The summed E-state index contributed by atoms with van der Waals surface area (Å²) in [6.07, 6.45) is -2.43. The lowest BCUT2D eigenvalue weighted by atomic mass is 9.91. The van der Waals surface area contributed by atoms with Crippen molar-refractivity contribution in [3.05, 3.63) is 35.9 Å². The summed E-state index contributed by atoms with van der Waals surface area (Å²) in [7, 11) is 0. The number of alkyl halides is 3. The van der Waals surface area contributed by atoms with Crippen LogP contribution in [0.3, 0.4) is 0 Å². The average molecular weight is 289 g/mol. The second-order valence-electron chi connectivity index (χ2n) is 5.13. The number of hydrogen-bond acceptors (Lipinski definition) is 3. The van der Waals surface area contributed by atoms with Crippen LogP contribution < -0.4 is 5.32 Å². The Morgan fingerprint density at radius 1 is 1.15 bits per heavy atom. The minimum Gasteiger partial charge on any atom is -0.394 e. The lowest BCUT2D eigenvalue weighted by Gasteiger charge is -2.34. The lowest BCUT2D eigenvalue weighted by molar-refractivity contribution is -0.180. The molecule has 1 fully saturated rings. The highest BCUT2D eigenvalue weighted by atomic mass is 19.4. The van der Waals surface area contributed by atoms with E-state index in [9.17, 15) is 18.3 Å². The van der Waals surface area contributed by atoms with Crippen molar-refractivity contribution < 1.29 is 23.0 Å². The van der Waals surface area contributed by atoms with Gasteiger partial charge in [-0.1, -0.05) is 30.3 Å². The van der Waals surface area contributed by atoms with Crippen molar-refractivity contribution in [2.75, 3.05) is 19.8 Å². The van der Waals surface area contributed by atoms with E-state index in [0.717, 1.165) is 18.4 Å². The molecule has 0 amide bonds. The first-order chi connectivity index (χ1) is 9.45. The van der Waals surface area contributed by atoms with E-state index in [-0.39, 0.29) is 19.3 Å². The molecule has 1 aliphatic rings. The molecule has 1 aliphatic carbocycles. The van der Waals surface area contributed by atoms with E-state index in [0.29, 0.717) is 0 Å². The summed E-state index contributed by atoms with van der Waals surface area (Å²) < 4.78 is 41.4. The Bertz CT molecular complexity index is 420. The molecule has 6 heteroatoms. The Morgan fingerprint density at radius 2 is 1.80 bits per heavy atom. The van der Waals surface area contributed by atoms with E-state index in [4.69, 9.17) is 4.74 Å². The summed E-state index contributed by atoms with van der Waals surface area (Å²) in [6.45, 7) is -1.84. The van der Waals surface area contributed by atoms with E-state index < -0.39 is 18.3 Å². The quantitative estimate of drug-likeness (QED) is 0.808. The third-order valence-corrected chi connectivity index (χ3v) is 3.27. The van der Waals surface area contributed by atoms with E-state index in [1.165, 1.54) is 0 Å². The molecule has 0 aliphatic heterocycles. The second kappa shape index (κ2) is 6.11. The Morgan fingerprint density at radius 3 is 2.30 bits per heavy atom. The van der Waals surface area contributed by atoms with Gasteiger partial charge in [0.2, 0.25) is 0 Å². The number of halogens is 3. The molecular formula is C14H18F3NO2. The lowest BCUT2D eigenvalue weighted by Crippen LogP contribution is -2.51. The van der Waals surface area contributed by atoms with Crippen LogP contribution in [0.15, 0.2) is 30.3 Å². The summed E-state index contributed by atoms with van der Waals surface area (Å²) in [6, 6.07) is 9.19. The molecular weight excluding hydrogens is 271 g/mol. The van der Waals surface area contributed by atoms with Crippen LogP contribution >= 0.6 is 0 Å². The second-order valence-corrected chi connectivity index (χ2v) is 5.13. The zero-order chi connectivity index (χ0) is 14.6. The topological polar surface area (TPSA) is 41.5 Å². The number of hydrogen-bond donors (Lipinski definition) is 2. The normalized spacial score (nSPS) is 18.8. The molecule has 0 spiro atoms. The average Bonchev–Trinajstić information content (AvgIpc) is 3.21. The van der Waals surface area contributed by atoms with Crippen LogP contribution in [0.25, 0.3) is 0 Å². The SMILES string of the molecule is OCC(COCC(F)(F)F)(NC1CC1)c1ccccc1. The van der Waals surface area contributed by atoms with Crippen molar-refractivity contribution in [1.29, 1.82) is 0 Å². The molecule has 3 nitrogen and oxygen atoms in total. The number of benzene rings is 1. The first kappa shape index (κ1) is 15.3. The fraction of sp³-hybridized carbons (Fsp3) is 0.571. The van der Waals surface area contributed by atoms with Crippen LogP contribution in [-0.2, 0) is 10.3 Å². The van der Waals surface area contributed by atoms with E-state index in [2.05, 4.69) is 5.32 Å². The van der Waals surface area contributed by atoms with Crippen LogP contribution in [0.1, 0.15) is 18.4 Å². The molecule has 112 valence electrons. The number of aliphatic hydroxyl groups excluding tert-OH is 1. The van der Waals surface area contributed by atoms with Crippen LogP contribution in [0.5, 0.6) is 0 Å². The van der Waals surface area contributed by atoms with Crippen LogP contribution in [0.2, 0.25) is 0 Å². The molecule has 0 aromatic heterocycles. The number of nitrogens with one attached hydrogen (secondary N) is 1. The molecule has 2 N–H and O–H groups in total. The van der Waals surface area contributed by atoms with Gasteiger partial charge in [-0.05, 0) is 18.4 Å². The van der Waals surface area contributed by atoms with Gasteiger partial charge in [0.1, 0.15) is 6.61 Å². The fourth-order valence-corrected chi connectivity index (χ4v) is 2.11. The third kappa shape index (κ3) is 4.19. The summed E-state index contributed by atoms with van der Waals surface area (Å²) in [5.41, 5.74) is -0.246. The van der Waals surface area contributed by atoms with Crippen LogP contribution in [0, 0.1) is 0 Å². The van der Waals surface area contributed by atoms with Crippen molar-refractivity contribution in [2.24, 2.45) is 0 Å². The molecule has 1 atom stereocenters. The van der Waals surface area contributed by atoms with Gasteiger partial charge in [-0.3, -0.25) is 0 Å². The summed E-state index contributed by atoms with van der Waals surface area (Å²) in [4.78, 5) is 0. The number of aliphatic hydroxyl groups is 1. The molecule has 2 rings (SSSR count). The van der Waals surface area contributed by atoms with Crippen molar-refractivity contribution in [1.82, 2.24) is 5.32 Å². The molecule has 1 saturated carbocycles. The molecule has 1 unspecified atom stereocenters. The van der Waals surface area contributed by atoms with Gasteiger partial charge < -0.3 is 15.2 Å². The van der Waals surface area contributed by atoms with Gasteiger partial charge >= 0.3 is 6.18 Å². The van der Waals surface area contributed by atoms with Gasteiger partial charge in [0, 0.05) is 6.04 Å². The van der Waals surface area contributed by atoms with E-state index >= 15 is 0 Å². The Labute approximate surface area is 115 Å². The molecule has 1 aromatic rings. The minimum atomic E-state index is -4.36. The maximum Gasteiger partial charge on any atom is 0.411 e. The minimum absolute atomic E-state index is 0.219. The van der Waals surface area contributed by atoms with Crippen molar-refractivity contribution in [2.45, 2.75) is 30.6 Å². The summed E-state index contributed by atoms with van der Waals surface area (Å²) >= 11 is 0. The van der Waals surface area contributed by atoms with Crippen molar-refractivity contribution >= 4 is 0 Å². The van der Waals surface area contributed by atoms with Crippen LogP contribution in [-0.4, -0.2) is 37.1 Å². The predicted octanol–water partition coefficient (Wildman–Crippen LogP) is 2.21. The maximum absolute atomic E-state index is 12.2. The van der Waals surface area contributed by atoms with Crippen LogP contribution in [0.4, 0.5) is 13.2 Å². The molecule has 0 heterocycles. The maximum atomic E-state index is 12.2. The van der Waals surface area contributed by atoms with Crippen molar-refractivity contribution in [3.63, 3.8) is 0 Å². The fourth-order valence-electron chi connectivity index (χ4n) is 2.11. The van der Waals surface area contributed by atoms with Gasteiger partial charge in [0.25, 0.3) is 0 Å². The zero-order valence-electron chi connectivity index (χ0n) is 11.0. The number of rotatable bonds is 7. The largest absolute Gasteiger partial charge is 0.411 e. The standard InChI is InChI=1S/C14H18F3NO2/c15-14(16,17)10-20-9-13(8-19,18-12-6-7-12)11-4-2-1-3-5-11/h1-5,12,18-19H,6-10H2. The summed E-state index contributed by atoms with van der Waals surface area (Å²) in [5, 5.41) is 12.9. The zero-order valence-corrected chi connectivity index (χ0v) is 11.0. The first-order valence-corrected chi connectivity index (χ1v) is 6.54. The smallest absolute Gasteiger partial charge is 0.394 e. The molecule has 0 radical (unpaired) electrons. The summed E-state index contributed by atoms with van der Waals surface area (Å²) in [5.74, 6) is 0. The van der Waals surface area contributed by atoms with E-state index in [1.54, 1.807) is 24.3 Å². The Hall–Kier alpha value is -1.11. The first-order valence-electron chi connectivity index (χ1n) is 6.54. The molecule has 20 heavy (non-hydrogen) atoms. The van der Waals surface area contributed by atoms with Gasteiger partial charge in [-0.15, -0.1) is 0 Å². The monoisotopic (exact) mass is 289 g/mol. The molecule has 1 aromatic carbocycles. The molecule has 0 bridgehead atoms. The van der Waals surface area contributed by atoms with Gasteiger partial charge in [-0.2, -0.15) is 13.2 Å². The molecule has 0 saturated heterocycles. The highest BCUT2D eigenvalue weighted by molar-refractivity contribution is 5.25. The highest BCUT2D eigenvalue weighted by Crippen LogP contribution is 2.29. The number of ether oxygens (including phenoxy) is 1.